The van der Waals surface area contributed by atoms with Crippen LogP contribution in [0.3, 0.4) is 0 Å². The molecular formula is C6H7ClO2. The fourth-order valence-electron chi connectivity index (χ4n) is 0.188. The third-order valence-corrected chi connectivity index (χ3v) is 0.629. The van der Waals surface area contributed by atoms with E-state index in [1.54, 1.807) is 0 Å². The number of hydrogen-bond donors (Lipinski definition) is 0. The lowest BCUT2D eigenvalue weighted by Crippen LogP contribution is -2.00. The fraction of sp³-hybridized carbons (Fsp3) is 0.167. The average Bonchev–Trinajstić information content (AvgIpc) is 1.63. The summed E-state index contributed by atoms with van der Waals surface area (Å²) in [7, 11) is 0. The Balaban J connectivity index is 3.79. The first-order chi connectivity index (χ1) is 4.04. The Morgan fingerprint density at radius 1 is 1.56 bits per heavy atom. The predicted molar refractivity (Wildman–Crippen MR) is 35.9 cm³/mol. The highest BCUT2D eigenvalue weighted by molar-refractivity contribution is 6.28. The SMILES string of the molecule is C=C(Cl)OC(=O)C(=C)C. The third kappa shape index (κ3) is 3.79. The Bertz CT molecular complexity index is 160. The first-order valence-corrected chi connectivity index (χ1v) is 2.64. The summed E-state index contributed by atoms with van der Waals surface area (Å²) in [5, 5.41) is -0.136. The van der Waals surface area contributed by atoms with Crippen LogP contribution in [0.5, 0.6) is 0 Å². The molecule has 0 fully saturated rings. The smallest absolute Gasteiger partial charge is 0.339 e. The van der Waals surface area contributed by atoms with Gasteiger partial charge in [0.05, 0.1) is 0 Å². The van der Waals surface area contributed by atoms with E-state index in [2.05, 4.69) is 17.9 Å². The van der Waals surface area contributed by atoms with Crippen LogP contribution in [0.15, 0.2) is 23.9 Å². The van der Waals surface area contributed by atoms with Crippen molar-refractivity contribution in [3.05, 3.63) is 23.9 Å². The minimum Gasteiger partial charge on any atom is -0.411 e. The lowest BCUT2D eigenvalue weighted by molar-refractivity contribution is -0.134. The van der Waals surface area contributed by atoms with Gasteiger partial charge in [0.15, 0.2) is 5.22 Å². The van der Waals surface area contributed by atoms with Crippen LogP contribution in [-0.2, 0) is 9.53 Å². The highest BCUT2D eigenvalue weighted by Crippen LogP contribution is 2.02. The zero-order valence-corrected chi connectivity index (χ0v) is 5.86. The van der Waals surface area contributed by atoms with Crippen LogP contribution >= 0.6 is 11.6 Å². The highest BCUT2D eigenvalue weighted by atomic mass is 35.5. The number of rotatable bonds is 2. The summed E-state index contributed by atoms with van der Waals surface area (Å²) in [6.45, 7) is 8.02. The molecule has 0 aromatic heterocycles. The van der Waals surface area contributed by atoms with Gasteiger partial charge < -0.3 is 4.74 Å². The minimum atomic E-state index is -0.546. The van der Waals surface area contributed by atoms with Crippen LogP contribution in [0.25, 0.3) is 0 Å². The maximum absolute atomic E-state index is 10.5. The van der Waals surface area contributed by atoms with Gasteiger partial charge in [-0.2, -0.15) is 0 Å². The van der Waals surface area contributed by atoms with E-state index in [1.165, 1.54) is 6.92 Å². The molecule has 0 radical (unpaired) electrons. The summed E-state index contributed by atoms with van der Waals surface area (Å²) in [6.07, 6.45) is 0. The van der Waals surface area contributed by atoms with Crippen LogP contribution in [0.4, 0.5) is 0 Å². The molecule has 0 N–H and O–H groups in total. The van der Waals surface area contributed by atoms with Crippen molar-refractivity contribution in [1.82, 2.24) is 0 Å². The molecule has 2 nitrogen and oxygen atoms in total. The number of esters is 1. The molecule has 0 saturated heterocycles. The van der Waals surface area contributed by atoms with Crippen molar-refractivity contribution in [1.29, 1.82) is 0 Å². The zero-order valence-electron chi connectivity index (χ0n) is 5.11. The molecule has 0 atom stereocenters. The van der Waals surface area contributed by atoms with Gasteiger partial charge in [-0.05, 0) is 25.1 Å². The number of carbonyl (C=O) groups excluding carboxylic acids is 1. The van der Waals surface area contributed by atoms with E-state index >= 15 is 0 Å². The second-order valence-electron chi connectivity index (χ2n) is 1.52. The van der Waals surface area contributed by atoms with Crippen molar-refractivity contribution < 1.29 is 9.53 Å². The molecule has 0 rings (SSSR count). The molecule has 0 bridgehead atoms. The number of halogens is 1. The molecule has 0 amide bonds. The van der Waals surface area contributed by atoms with Crippen LogP contribution in [0, 0.1) is 0 Å². The van der Waals surface area contributed by atoms with Gasteiger partial charge in [-0.3, -0.25) is 0 Å². The van der Waals surface area contributed by atoms with E-state index in [9.17, 15) is 4.79 Å². The van der Waals surface area contributed by atoms with Crippen molar-refractivity contribution in [3.8, 4) is 0 Å². The highest BCUT2D eigenvalue weighted by Gasteiger charge is 2.02. The Morgan fingerprint density at radius 2 is 2.00 bits per heavy atom. The van der Waals surface area contributed by atoms with Crippen LogP contribution in [0.1, 0.15) is 6.92 Å². The minimum absolute atomic E-state index is 0.136. The van der Waals surface area contributed by atoms with Gasteiger partial charge in [0.1, 0.15) is 0 Å². The fourth-order valence-corrected chi connectivity index (χ4v) is 0.258. The van der Waals surface area contributed by atoms with E-state index in [-0.39, 0.29) is 5.22 Å². The molecule has 0 aromatic carbocycles. The van der Waals surface area contributed by atoms with Gasteiger partial charge in [-0.1, -0.05) is 6.58 Å². The van der Waals surface area contributed by atoms with Crippen LogP contribution < -0.4 is 0 Å². The van der Waals surface area contributed by atoms with Crippen molar-refractivity contribution >= 4 is 17.6 Å². The Labute approximate surface area is 58.8 Å². The van der Waals surface area contributed by atoms with E-state index in [4.69, 9.17) is 11.6 Å². The monoisotopic (exact) mass is 146 g/mol. The Kier molecular flexibility index (Phi) is 3.02. The van der Waals surface area contributed by atoms with E-state index < -0.39 is 5.97 Å². The molecule has 0 heterocycles. The standard InChI is InChI=1S/C6H7ClO2/c1-4(2)6(8)9-5(3)7/h1,3H2,2H3. The van der Waals surface area contributed by atoms with E-state index in [1.807, 2.05) is 0 Å². The van der Waals surface area contributed by atoms with Crippen molar-refractivity contribution in [2.75, 3.05) is 0 Å². The van der Waals surface area contributed by atoms with Crippen LogP contribution in [0.2, 0.25) is 0 Å². The largest absolute Gasteiger partial charge is 0.411 e. The predicted octanol–water partition coefficient (Wildman–Crippen LogP) is 1.82. The molecule has 0 unspecified atom stereocenters. The summed E-state index contributed by atoms with van der Waals surface area (Å²) >= 11 is 5.14. The molecule has 3 heteroatoms. The quantitative estimate of drug-likeness (QED) is 0.338. The van der Waals surface area contributed by atoms with E-state index in [0.717, 1.165) is 0 Å². The van der Waals surface area contributed by atoms with Crippen molar-refractivity contribution in [2.24, 2.45) is 0 Å². The topological polar surface area (TPSA) is 26.3 Å². The van der Waals surface area contributed by atoms with Gasteiger partial charge in [0, 0.05) is 5.57 Å². The summed E-state index contributed by atoms with van der Waals surface area (Å²) in [6, 6.07) is 0. The van der Waals surface area contributed by atoms with Crippen molar-refractivity contribution in [2.45, 2.75) is 6.92 Å². The van der Waals surface area contributed by atoms with Gasteiger partial charge in [-0.15, -0.1) is 0 Å². The average molecular weight is 147 g/mol. The van der Waals surface area contributed by atoms with Gasteiger partial charge >= 0.3 is 5.97 Å². The number of ether oxygens (including phenoxy) is 1. The maximum Gasteiger partial charge on any atom is 0.339 e. The summed E-state index contributed by atoms with van der Waals surface area (Å²) in [5.41, 5.74) is 0.303. The Morgan fingerprint density at radius 3 is 2.11 bits per heavy atom. The Hall–Kier alpha value is -0.760. The third-order valence-electron chi connectivity index (χ3n) is 0.552. The molecule has 9 heavy (non-hydrogen) atoms. The normalized spacial score (nSPS) is 8.22. The molecule has 0 saturated carbocycles. The molecule has 0 aliphatic heterocycles. The lowest BCUT2D eigenvalue weighted by atomic mass is 10.4. The first-order valence-electron chi connectivity index (χ1n) is 2.26. The summed E-state index contributed by atoms with van der Waals surface area (Å²) < 4.78 is 4.34. The molecule has 50 valence electrons. The van der Waals surface area contributed by atoms with Crippen molar-refractivity contribution in [3.63, 3.8) is 0 Å². The zero-order chi connectivity index (χ0) is 7.44. The molecule has 0 aliphatic rings. The van der Waals surface area contributed by atoms with Crippen LogP contribution in [-0.4, -0.2) is 5.97 Å². The lowest BCUT2D eigenvalue weighted by Gasteiger charge is -1.97. The second-order valence-corrected chi connectivity index (χ2v) is 1.95. The van der Waals surface area contributed by atoms with Gasteiger partial charge in [0.25, 0.3) is 0 Å². The van der Waals surface area contributed by atoms with Gasteiger partial charge in [-0.25, -0.2) is 4.79 Å². The summed E-state index contributed by atoms with van der Waals surface area (Å²) in [5.74, 6) is -0.546. The molecule has 0 aliphatic carbocycles. The molecule has 0 spiro atoms. The summed E-state index contributed by atoms with van der Waals surface area (Å²) in [4.78, 5) is 10.5. The molecule has 0 aromatic rings. The van der Waals surface area contributed by atoms with Gasteiger partial charge in [0.2, 0.25) is 0 Å². The number of carbonyl (C=O) groups is 1. The second kappa shape index (κ2) is 3.30. The first kappa shape index (κ1) is 8.24. The maximum atomic E-state index is 10.5. The number of hydrogen-bond acceptors (Lipinski definition) is 2. The van der Waals surface area contributed by atoms with E-state index in [0.29, 0.717) is 5.57 Å². The molecular weight excluding hydrogens is 140 g/mol.